The van der Waals surface area contributed by atoms with Crippen LogP contribution in [0.1, 0.15) is 113 Å². The molecular weight excluding hydrogens is 593 g/mol. The molecule has 0 saturated carbocycles. The maximum absolute atomic E-state index is 5.36. The normalized spacial score (nSPS) is 7.41. The fourth-order valence-electron chi connectivity index (χ4n) is 2.51. The lowest BCUT2D eigenvalue weighted by Gasteiger charge is -1.83. The number of hydrogen-bond donors (Lipinski definition) is 2. The summed E-state index contributed by atoms with van der Waals surface area (Å²) < 4.78 is 0. The van der Waals surface area contributed by atoms with E-state index < -0.39 is 0 Å². The van der Waals surface area contributed by atoms with Gasteiger partial charge in [-0.05, 0) is 45.0 Å². The Bertz CT molecular complexity index is 910. The highest BCUT2D eigenvalue weighted by atomic mass is 14.5. The molecule has 276 valence electrons. The second kappa shape index (κ2) is 56.1. The summed E-state index contributed by atoms with van der Waals surface area (Å²) in [4.78, 5) is 0. The zero-order chi connectivity index (χ0) is 39.0. The molecule has 49 heavy (non-hydrogen) atoms. The minimum atomic E-state index is 0.822. The van der Waals surface area contributed by atoms with Gasteiger partial charge in [-0.1, -0.05) is 240 Å². The maximum atomic E-state index is 5.36. The predicted molar refractivity (Wildman–Crippen MR) is 233 cm³/mol. The third-order valence-corrected chi connectivity index (χ3v) is 4.42. The van der Waals surface area contributed by atoms with E-state index in [4.69, 9.17) is 11.5 Å². The topological polar surface area (TPSA) is 52.0 Å². The number of nitrogen functional groups attached to an aromatic ring is 2. The van der Waals surface area contributed by atoms with Gasteiger partial charge in [0.25, 0.3) is 0 Å². The van der Waals surface area contributed by atoms with Gasteiger partial charge < -0.3 is 11.5 Å². The van der Waals surface area contributed by atoms with Gasteiger partial charge in [0, 0.05) is 11.4 Å². The average molecular weight is 671 g/mol. The fraction of sp³-hybridized carbons (Fsp3) is 0.362. The molecule has 0 aliphatic heterocycles. The van der Waals surface area contributed by atoms with E-state index in [1.807, 2.05) is 171 Å². The van der Waals surface area contributed by atoms with Gasteiger partial charge in [0.15, 0.2) is 0 Å². The summed E-state index contributed by atoms with van der Waals surface area (Å²) in [6, 6.07) is 49.8. The van der Waals surface area contributed by atoms with E-state index in [9.17, 15) is 0 Å². The lowest BCUT2D eigenvalue weighted by Crippen LogP contribution is -1.79. The molecule has 0 amide bonds. The summed E-state index contributed by atoms with van der Waals surface area (Å²) in [7, 11) is 0. The Morgan fingerprint density at radius 3 is 0.469 bits per heavy atom. The first-order chi connectivity index (χ1) is 23.8. The van der Waals surface area contributed by atoms with Crippen molar-refractivity contribution in [2.75, 3.05) is 11.5 Å². The number of anilines is 2. The number of rotatable bonds is 0. The van der Waals surface area contributed by atoms with Crippen LogP contribution in [0.3, 0.4) is 0 Å². The molecule has 0 aromatic heterocycles. The van der Waals surface area contributed by atoms with Crippen LogP contribution in [0.2, 0.25) is 0 Å². The molecule has 0 fully saturated rings. The van der Waals surface area contributed by atoms with E-state index in [0.717, 1.165) is 11.4 Å². The Labute approximate surface area is 307 Å². The molecule has 5 aromatic carbocycles. The van der Waals surface area contributed by atoms with Crippen molar-refractivity contribution in [3.8, 4) is 0 Å². The van der Waals surface area contributed by atoms with Gasteiger partial charge in [0.05, 0.1) is 0 Å². The molecule has 0 unspecified atom stereocenters. The van der Waals surface area contributed by atoms with Crippen molar-refractivity contribution in [1.29, 1.82) is 0 Å². The summed E-state index contributed by atoms with van der Waals surface area (Å²) in [5.74, 6) is 0. The minimum absolute atomic E-state index is 0.822. The number of benzene rings is 5. The molecule has 0 aliphatic rings. The highest BCUT2D eigenvalue weighted by molar-refractivity contribution is 5.36. The molecule has 0 bridgehead atoms. The van der Waals surface area contributed by atoms with Gasteiger partial charge in [0.2, 0.25) is 0 Å². The van der Waals surface area contributed by atoms with Crippen LogP contribution in [0.5, 0.6) is 0 Å². The van der Waals surface area contributed by atoms with Crippen LogP contribution in [-0.4, -0.2) is 0 Å². The van der Waals surface area contributed by atoms with Crippen molar-refractivity contribution in [2.45, 2.75) is 117 Å². The van der Waals surface area contributed by atoms with E-state index in [-0.39, 0.29) is 0 Å². The van der Waals surface area contributed by atoms with Crippen molar-refractivity contribution in [1.82, 2.24) is 0 Å². The molecule has 4 N–H and O–H groups in total. The summed E-state index contributed by atoms with van der Waals surface area (Å²) in [6.07, 6.45) is 2.50. The standard InChI is InChI=1S/3C7H8.2C6H7N.2C3H8.4C2H6/c3*1-7-5-3-2-4-6-7;2*7-6-4-2-1-3-5-6;2*1-3-2;4*1-2/h3*2-6H,1H3;2*1-5H,7H2;2*3H2,1-2H3;4*1-2H3. The molecule has 2 heteroatoms. The molecule has 2 nitrogen and oxygen atoms in total. The van der Waals surface area contributed by atoms with E-state index in [2.05, 4.69) is 84.9 Å². The van der Waals surface area contributed by atoms with Crippen molar-refractivity contribution in [3.63, 3.8) is 0 Å². The van der Waals surface area contributed by atoms with Crippen molar-refractivity contribution >= 4 is 11.4 Å². The molecule has 0 aliphatic carbocycles. The largest absolute Gasteiger partial charge is 0.399 e. The molecule has 5 rings (SSSR count). The molecule has 5 aromatic rings. The lowest BCUT2D eigenvalue weighted by molar-refractivity contribution is 1.09. The number of hydrogen-bond acceptors (Lipinski definition) is 2. The highest BCUT2D eigenvalue weighted by Crippen LogP contribution is 1.97. The van der Waals surface area contributed by atoms with E-state index >= 15 is 0 Å². The molecule has 0 atom stereocenters. The third-order valence-electron chi connectivity index (χ3n) is 4.42. The molecular formula is C47H78N2. The average Bonchev–Trinajstić information content (AvgIpc) is 3.15. The second-order valence-corrected chi connectivity index (χ2v) is 9.20. The lowest BCUT2D eigenvalue weighted by atomic mass is 10.2. The zero-order valence-electron chi connectivity index (χ0n) is 34.5. The number of nitrogens with two attached hydrogens (primary N) is 2. The first-order valence-electron chi connectivity index (χ1n) is 18.5. The van der Waals surface area contributed by atoms with Crippen LogP contribution in [0, 0.1) is 20.8 Å². The van der Waals surface area contributed by atoms with Gasteiger partial charge >= 0.3 is 0 Å². The van der Waals surface area contributed by atoms with Gasteiger partial charge in [0.1, 0.15) is 0 Å². The predicted octanol–water partition coefficient (Wildman–Crippen LogP) is 15.5. The number of para-hydroxylation sites is 2. The van der Waals surface area contributed by atoms with E-state index in [1.54, 1.807) is 0 Å². The monoisotopic (exact) mass is 671 g/mol. The summed E-state index contributed by atoms with van der Waals surface area (Å²) in [6.45, 7) is 30.7. The number of aryl methyl sites for hydroxylation is 3. The van der Waals surface area contributed by atoms with Gasteiger partial charge in [-0.3, -0.25) is 0 Å². The fourth-order valence-corrected chi connectivity index (χ4v) is 2.51. The second-order valence-electron chi connectivity index (χ2n) is 9.20. The highest BCUT2D eigenvalue weighted by Gasteiger charge is 1.74. The molecule has 0 radical (unpaired) electrons. The van der Waals surface area contributed by atoms with Crippen LogP contribution in [0.15, 0.2) is 152 Å². The Hall–Kier alpha value is -4.30. The van der Waals surface area contributed by atoms with Gasteiger partial charge in [-0.2, -0.15) is 0 Å². The van der Waals surface area contributed by atoms with Crippen LogP contribution in [0.4, 0.5) is 11.4 Å². The SMILES string of the molecule is CC.CC.CC.CC.CCC.CCC.Cc1ccccc1.Cc1ccccc1.Cc1ccccc1.Nc1ccccc1.Nc1ccccc1. The van der Waals surface area contributed by atoms with Crippen LogP contribution >= 0.6 is 0 Å². The first-order valence-corrected chi connectivity index (χ1v) is 18.5. The van der Waals surface area contributed by atoms with Crippen molar-refractivity contribution < 1.29 is 0 Å². The summed E-state index contributed by atoms with van der Waals surface area (Å²) in [5, 5.41) is 0. The van der Waals surface area contributed by atoms with Crippen molar-refractivity contribution in [2.24, 2.45) is 0 Å². The molecule has 0 heterocycles. The zero-order valence-corrected chi connectivity index (χ0v) is 34.5. The minimum Gasteiger partial charge on any atom is -0.399 e. The van der Waals surface area contributed by atoms with Crippen molar-refractivity contribution in [3.05, 3.63) is 168 Å². The first kappa shape index (κ1) is 57.0. The quantitative estimate of drug-likeness (QED) is 0.161. The van der Waals surface area contributed by atoms with Crippen LogP contribution in [0.25, 0.3) is 0 Å². The molecule has 0 saturated heterocycles. The van der Waals surface area contributed by atoms with Gasteiger partial charge in [-0.25, -0.2) is 0 Å². The van der Waals surface area contributed by atoms with E-state index in [0.29, 0.717) is 0 Å². The summed E-state index contributed by atoms with van der Waals surface area (Å²) >= 11 is 0. The Morgan fingerprint density at radius 2 is 0.408 bits per heavy atom. The van der Waals surface area contributed by atoms with Crippen LogP contribution < -0.4 is 11.5 Å². The summed E-state index contributed by atoms with van der Waals surface area (Å²) in [5.41, 5.74) is 16.3. The smallest absolute Gasteiger partial charge is 0.0313 e. The van der Waals surface area contributed by atoms with Crippen LogP contribution in [-0.2, 0) is 0 Å². The Morgan fingerprint density at radius 1 is 0.286 bits per heavy atom. The van der Waals surface area contributed by atoms with Gasteiger partial charge in [-0.15, -0.1) is 0 Å². The molecule has 0 spiro atoms. The third kappa shape index (κ3) is 59.6. The maximum Gasteiger partial charge on any atom is 0.0313 e. The van der Waals surface area contributed by atoms with E-state index in [1.165, 1.54) is 29.5 Å². The Kier molecular flexibility index (Phi) is 65.2. The Balaban J connectivity index is -0.000000108.